The van der Waals surface area contributed by atoms with Crippen LogP contribution in [-0.2, 0) is 12.4 Å². The van der Waals surface area contributed by atoms with Gasteiger partial charge in [0.25, 0.3) is 0 Å². The number of rotatable bonds is 3. The maximum atomic E-state index is 12.7. The van der Waals surface area contributed by atoms with Gasteiger partial charge in [0.2, 0.25) is 0 Å². The predicted molar refractivity (Wildman–Crippen MR) is 104 cm³/mol. The van der Waals surface area contributed by atoms with Crippen molar-refractivity contribution in [1.29, 1.82) is 0 Å². The van der Waals surface area contributed by atoms with Gasteiger partial charge in [-0.3, -0.25) is 0 Å². The molecule has 0 aliphatic heterocycles. The van der Waals surface area contributed by atoms with Crippen molar-refractivity contribution in [2.75, 3.05) is 0 Å². The molecule has 0 unspecified atom stereocenters. The van der Waals surface area contributed by atoms with Crippen LogP contribution in [0, 0.1) is 0 Å². The Morgan fingerprint density at radius 2 is 0.867 bits per heavy atom. The first-order valence-corrected chi connectivity index (χ1v) is 10.0. The average Bonchev–Trinajstić information content (AvgIpc) is 3.36. The molecule has 2 nitrogen and oxygen atoms in total. The Bertz CT molecular complexity index is 1060. The molecule has 10 heteroatoms. The van der Waals surface area contributed by atoms with Crippen molar-refractivity contribution in [2.24, 2.45) is 0 Å². The van der Waals surface area contributed by atoms with Crippen LogP contribution in [0.1, 0.15) is 11.1 Å². The smallest absolute Gasteiger partial charge is 0.241 e. The molecule has 0 amide bonds. The first-order valence-electron chi connectivity index (χ1n) is 8.38. The fourth-order valence-corrected chi connectivity index (χ4v) is 4.54. The van der Waals surface area contributed by atoms with E-state index in [1.807, 2.05) is 0 Å². The molecule has 0 atom stereocenters. The van der Waals surface area contributed by atoms with Gasteiger partial charge in [-0.1, -0.05) is 24.3 Å². The summed E-state index contributed by atoms with van der Waals surface area (Å²) in [6.07, 6.45) is -5.68. The van der Waals surface area contributed by atoms with E-state index in [0.717, 1.165) is 24.3 Å². The fraction of sp³-hybridized carbons (Fsp3) is 0.100. The summed E-state index contributed by atoms with van der Waals surface area (Å²) in [6.45, 7) is 0. The molecule has 154 valence electrons. The summed E-state index contributed by atoms with van der Waals surface area (Å²) in [7, 11) is 0. The first kappa shape index (κ1) is 20.5. The van der Waals surface area contributed by atoms with Crippen LogP contribution in [0.2, 0.25) is 0 Å². The van der Waals surface area contributed by atoms with Gasteiger partial charge in [0.1, 0.15) is 0 Å². The van der Waals surface area contributed by atoms with Crippen LogP contribution in [0.3, 0.4) is 0 Å². The zero-order chi connectivity index (χ0) is 21.5. The number of thiazole rings is 2. The molecule has 0 N–H and O–H groups in total. The molecule has 0 saturated carbocycles. The minimum absolute atomic E-state index is 0.577. The van der Waals surface area contributed by atoms with E-state index in [1.165, 1.54) is 46.9 Å². The highest BCUT2D eigenvalue weighted by Gasteiger charge is 2.30. The molecule has 0 aliphatic carbocycles. The van der Waals surface area contributed by atoms with Crippen molar-refractivity contribution in [2.45, 2.75) is 12.4 Å². The van der Waals surface area contributed by atoms with Gasteiger partial charge in [0.15, 0.2) is 10.0 Å². The van der Waals surface area contributed by atoms with E-state index in [0.29, 0.717) is 30.9 Å². The highest BCUT2D eigenvalue weighted by atomic mass is 32.1. The quantitative estimate of drug-likeness (QED) is 0.296. The van der Waals surface area contributed by atoms with Gasteiger partial charge in [0.05, 0.1) is 20.9 Å². The van der Waals surface area contributed by atoms with Crippen molar-refractivity contribution >= 4 is 22.7 Å². The van der Waals surface area contributed by atoms with Crippen molar-refractivity contribution in [3.05, 3.63) is 72.1 Å². The molecule has 0 bridgehead atoms. The minimum atomic E-state index is -4.40. The van der Waals surface area contributed by atoms with Crippen LogP contribution in [-0.4, -0.2) is 9.97 Å². The monoisotopic (exact) mass is 456 g/mol. The number of hydrogen-bond acceptors (Lipinski definition) is 4. The van der Waals surface area contributed by atoms with Crippen molar-refractivity contribution in [1.82, 2.24) is 9.97 Å². The molecule has 0 radical (unpaired) electrons. The van der Waals surface area contributed by atoms with Crippen LogP contribution >= 0.6 is 22.7 Å². The Hall–Kier alpha value is -2.72. The summed E-state index contributed by atoms with van der Waals surface area (Å²) in [5, 5.41) is 1.15. The molecule has 2 aromatic carbocycles. The molecule has 4 aromatic rings. The molecule has 0 saturated heterocycles. The lowest BCUT2D eigenvalue weighted by molar-refractivity contribution is -0.138. The fourth-order valence-electron chi connectivity index (χ4n) is 2.66. The second kappa shape index (κ2) is 7.51. The molecule has 2 heterocycles. The van der Waals surface area contributed by atoms with Crippen LogP contribution in [0.5, 0.6) is 0 Å². The largest absolute Gasteiger partial charge is 0.416 e. The van der Waals surface area contributed by atoms with Crippen molar-refractivity contribution in [3.63, 3.8) is 0 Å². The summed E-state index contributed by atoms with van der Waals surface area (Å²) in [5.74, 6) is 0. The van der Waals surface area contributed by atoms with Gasteiger partial charge < -0.3 is 0 Å². The minimum Gasteiger partial charge on any atom is -0.241 e. The van der Waals surface area contributed by atoms with E-state index >= 15 is 0 Å². The Morgan fingerprint density at radius 1 is 0.533 bits per heavy atom. The van der Waals surface area contributed by atoms with Gasteiger partial charge in [-0.05, 0) is 35.4 Å². The van der Waals surface area contributed by atoms with Crippen LogP contribution < -0.4 is 0 Å². The maximum absolute atomic E-state index is 12.7. The lowest BCUT2D eigenvalue weighted by atomic mass is 10.1. The SMILES string of the molecule is FC(F)(F)c1ccc(-c2cnc(-c3ncc(-c4ccc(C(F)(F)F)cc4)s3)s2)cc1. The average molecular weight is 456 g/mol. The standard InChI is InChI=1S/C20H10F6N2S2/c21-19(22,23)13-5-1-11(2-6-13)15-9-27-17(29-15)18-28-10-16(30-18)12-3-7-14(8-4-12)20(24,25)26/h1-10H. The van der Waals surface area contributed by atoms with Gasteiger partial charge in [-0.25, -0.2) is 9.97 Å². The van der Waals surface area contributed by atoms with Crippen LogP contribution in [0.4, 0.5) is 26.3 Å². The number of alkyl halides is 6. The second-order valence-corrected chi connectivity index (χ2v) is 8.27. The maximum Gasteiger partial charge on any atom is 0.416 e. The van der Waals surface area contributed by atoms with Gasteiger partial charge in [0, 0.05) is 12.4 Å². The number of aromatic nitrogens is 2. The highest BCUT2D eigenvalue weighted by molar-refractivity contribution is 7.24. The Balaban J connectivity index is 1.56. The van der Waals surface area contributed by atoms with E-state index in [9.17, 15) is 26.3 Å². The van der Waals surface area contributed by atoms with Crippen LogP contribution in [0.25, 0.3) is 30.9 Å². The lowest BCUT2D eigenvalue weighted by Crippen LogP contribution is -2.03. The van der Waals surface area contributed by atoms with E-state index in [-0.39, 0.29) is 0 Å². The summed E-state index contributed by atoms with van der Waals surface area (Å²) in [4.78, 5) is 9.94. The van der Waals surface area contributed by atoms with Gasteiger partial charge in [-0.2, -0.15) is 26.3 Å². The highest BCUT2D eigenvalue weighted by Crippen LogP contribution is 2.38. The number of hydrogen-bond donors (Lipinski definition) is 0. The van der Waals surface area contributed by atoms with E-state index in [4.69, 9.17) is 0 Å². The summed E-state index contributed by atoms with van der Waals surface area (Å²) < 4.78 is 76.2. The summed E-state index contributed by atoms with van der Waals surface area (Å²) in [6, 6.07) is 9.60. The Morgan fingerprint density at radius 3 is 1.17 bits per heavy atom. The Kier molecular flexibility index (Phi) is 5.15. The normalized spacial score (nSPS) is 12.3. The third-order valence-electron chi connectivity index (χ3n) is 4.19. The molecule has 0 spiro atoms. The summed E-state index contributed by atoms with van der Waals surface area (Å²) >= 11 is 2.55. The zero-order valence-corrected chi connectivity index (χ0v) is 16.4. The van der Waals surface area contributed by atoms with Gasteiger partial charge >= 0.3 is 12.4 Å². The zero-order valence-electron chi connectivity index (χ0n) is 14.8. The number of halogens is 6. The van der Waals surface area contributed by atoms with Crippen molar-refractivity contribution in [3.8, 4) is 30.9 Å². The number of benzene rings is 2. The molecule has 4 rings (SSSR count). The third-order valence-corrected chi connectivity index (χ3v) is 6.42. The number of nitrogens with zero attached hydrogens (tertiary/aromatic N) is 2. The third kappa shape index (κ3) is 4.24. The predicted octanol–water partition coefficient (Wildman–Crippen LogP) is 7.64. The summed E-state index contributed by atoms with van der Waals surface area (Å²) in [5.41, 5.74) is -0.244. The van der Waals surface area contributed by atoms with E-state index in [2.05, 4.69) is 9.97 Å². The Labute approximate surface area is 174 Å². The molecular weight excluding hydrogens is 446 g/mol. The topological polar surface area (TPSA) is 25.8 Å². The lowest BCUT2D eigenvalue weighted by Gasteiger charge is -2.06. The molecular formula is C20H10F6N2S2. The second-order valence-electron chi connectivity index (χ2n) is 6.21. The molecule has 30 heavy (non-hydrogen) atoms. The van der Waals surface area contributed by atoms with Crippen LogP contribution in [0.15, 0.2) is 60.9 Å². The van der Waals surface area contributed by atoms with E-state index in [1.54, 1.807) is 12.4 Å². The van der Waals surface area contributed by atoms with Gasteiger partial charge in [-0.15, -0.1) is 22.7 Å². The van der Waals surface area contributed by atoms with E-state index < -0.39 is 23.5 Å². The van der Waals surface area contributed by atoms with Crippen molar-refractivity contribution < 1.29 is 26.3 Å². The first-order chi connectivity index (χ1) is 14.1. The molecule has 0 fully saturated rings. The molecule has 2 aromatic heterocycles. The molecule has 0 aliphatic rings.